The maximum absolute atomic E-state index is 12.6. The summed E-state index contributed by atoms with van der Waals surface area (Å²) in [5.74, 6) is -0.666. The minimum absolute atomic E-state index is 0.0394. The van der Waals surface area contributed by atoms with Gasteiger partial charge in [-0.3, -0.25) is 4.79 Å². The van der Waals surface area contributed by atoms with Crippen molar-refractivity contribution < 1.29 is 22.7 Å². The molecule has 1 amide bonds. The fraction of sp³-hybridized carbons (Fsp3) is 0.450. The van der Waals surface area contributed by atoms with Crippen LogP contribution in [0.5, 0.6) is 5.75 Å². The zero-order valence-electron chi connectivity index (χ0n) is 17.2. The van der Waals surface area contributed by atoms with Crippen molar-refractivity contribution in [1.82, 2.24) is 9.78 Å². The van der Waals surface area contributed by atoms with Crippen LogP contribution in [0.4, 0.5) is 19.0 Å². The highest BCUT2D eigenvalue weighted by atomic mass is 35.5. The molecule has 2 aromatic rings. The Morgan fingerprint density at radius 2 is 2.00 bits per heavy atom. The van der Waals surface area contributed by atoms with E-state index in [9.17, 15) is 23.2 Å². The summed E-state index contributed by atoms with van der Waals surface area (Å²) >= 11 is 12.5. The first kappa shape index (κ1) is 24.0. The number of nitrogens with one attached hydrogen (secondary N) is 1. The van der Waals surface area contributed by atoms with E-state index in [0.717, 1.165) is 18.6 Å². The normalized spacial score (nSPS) is 15.7. The quantitative estimate of drug-likeness (QED) is 0.546. The molecule has 1 aromatic heterocycles. The van der Waals surface area contributed by atoms with E-state index in [2.05, 4.69) is 15.2 Å². The number of hydrogen-bond acceptors (Lipinski definition) is 5. The minimum Gasteiger partial charge on any atom is -0.406 e. The topological polar surface area (TPSA) is 106 Å². The van der Waals surface area contributed by atoms with Crippen molar-refractivity contribution in [3.63, 3.8) is 0 Å². The Morgan fingerprint density at radius 3 is 2.44 bits per heavy atom. The molecule has 0 spiro atoms. The summed E-state index contributed by atoms with van der Waals surface area (Å²) < 4.78 is 42.9. The van der Waals surface area contributed by atoms with Gasteiger partial charge in [-0.15, -0.1) is 13.2 Å². The maximum atomic E-state index is 12.6. The summed E-state index contributed by atoms with van der Waals surface area (Å²) in [6.07, 6.45) is -3.18. The third kappa shape index (κ3) is 4.59. The largest absolute Gasteiger partial charge is 0.573 e. The molecule has 32 heavy (non-hydrogen) atoms. The third-order valence-electron chi connectivity index (χ3n) is 5.44. The molecule has 1 aliphatic rings. The van der Waals surface area contributed by atoms with Gasteiger partial charge in [0, 0.05) is 24.2 Å². The predicted octanol–water partition coefficient (Wildman–Crippen LogP) is 4.92. The van der Waals surface area contributed by atoms with Crippen molar-refractivity contribution in [1.29, 1.82) is 5.26 Å². The Kier molecular flexibility index (Phi) is 6.54. The van der Waals surface area contributed by atoms with Gasteiger partial charge in [0.2, 0.25) is 5.91 Å². The fourth-order valence-corrected chi connectivity index (χ4v) is 4.00. The summed E-state index contributed by atoms with van der Waals surface area (Å²) in [4.78, 5) is 12.2. The molecule has 3 rings (SSSR count). The van der Waals surface area contributed by atoms with Gasteiger partial charge in [-0.1, -0.05) is 43.5 Å². The number of benzene rings is 1. The molecule has 1 saturated carbocycles. The van der Waals surface area contributed by atoms with Gasteiger partial charge in [0.05, 0.1) is 15.5 Å². The molecule has 12 heteroatoms. The number of rotatable bonds is 8. The lowest BCUT2D eigenvalue weighted by molar-refractivity contribution is -0.274. The van der Waals surface area contributed by atoms with Gasteiger partial charge in [-0.05, 0) is 18.8 Å². The Morgan fingerprint density at radius 1 is 1.41 bits per heavy atom. The number of ether oxygens (including phenoxy) is 1. The Bertz CT molecular complexity index is 1070. The molecular weight excluding hydrogens is 470 g/mol. The molecule has 0 radical (unpaired) electrons. The molecule has 1 heterocycles. The van der Waals surface area contributed by atoms with Gasteiger partial charge in [0.1, 0.15) is 23.3 Å². The lowest BCUT2D eigenvalue weighted by Crippen LogP contribution is -2.30. The standard InChI is InChI=1S/C20H20Cl2F3N5O2/c1-3-10(2)9-28-17-15(19(4-5-19)18(27)31)14(8-26)29-30(17)16-12(21)6-11(7-13(16)22)32-20(23,24)25/h6-7,10,28H,3-5,9H2,1-2H3,(H2,27,31). The molecular formula is C20H20Cl2F3N5O2. The summed E-state index contributed by atoms with van der Waals surface area (Å²) in [6.45, 7) is 4.48. The van der Waals surface area contributed by atoms with E-state index in [1.165, 1.54) is 4.68 Å². The van der Waals surface area contributed by atoms with Crippen LogP contribution >= 0.6 is 23.2 Å². The zero-order valence-corrected chi connectivity index (χ0v) is 18.7. The zero-order chi connectivity index (χ0) is 23.8. The number of carbonyl (C=O) groups excluding carboxylic acids is 1. The lowest BCUT2D eigenvalue weighted by Gasteiger charge is -2.19. The second-order valence-corrected chi connectivity index (χ2v) is 8.53. The Labute approximate surface area is 192 Å². The van der Waals surface area contributed by atoms with Crippen LogP contribution < -0.4 is 15.8 Å². The molecule has 1 atom stereocenters. The molecule has 1 aliphatic carbocycles. The molecule has 0 aliphatic heterocycles. The van der Waals surface area contributed by atoms with Gasteiger partial charge in [0.25, 0.3) is 0 Å². The average molecular weight is 490 g/mol. The van der Waals surface area contributed by atoms with E-state index in [1.807, 2.05) is 19.9 Å². The van der Waals surface area contributed by atoms with E-state index < -0.39 is 23.4 Å². The summed E-state index contributed by atoms with van der Waals surface area (Å²) in [7, 11) is 0. The summed E-state index contributed by atoms with van der Waals surface area (Å²) in [6, 6.07) is 3.87. The number of anilines is 1. The smallest absolute Gasteiger partial charge is 0.406 e. The number of primary amides is 1. The second kappa shape index (κ2) is 8.71. The van der Waals surface area contributed by atoms with Crippen molar-refractivity contribution in [3.8, 4) is 17.5 Å². The summed E-state index contributed by atoms with van der Waals surface area (Å²) in [5, 5.41) is 16.8. The lowest BCUT2D eigenvalue weighted by atomic mass is 9.94. The molecule has 0 bridgehead atoms. The molecule has 1 unspecified atom stereocenters. The number of alkyl halides is 3. The summed E-state index contributed by atoms with van der Waals surface area (Å²) in [5.41, 5.74) is 4.91. The molecule has 3 N–H and O–H groups in total. The fourth-order valence-electron chi connectivity index (χ4n) is 3.37. The van der Waals surface area contributed by atoms with Crippen molar-refractivity contribution in [2.45, 2.75) is 44.9 Å². The van der Waals surface area contributed by atoms with Crippen molar-refractivity contribution in [3.05, 3.63) is 33.4 Å². The SMILES string of the molecule is CCC(C)CNc1c(C2(C(N)=O)CC2)c(C#N)nn1-c1c(Cl)cc(OC(F)(F)F)cc1Cl. The number of hydrogen-bond donors (Lipinski definition) is 2. The van der Waals surface area contributed by atoms with Crippen LogP contribution in [-0.4, -0.2) is 28.6 Å². The van der Waals surface area contributed by atoms with E-state index in [0.29, 0.717) is 30.8 Å². The van der Waals surface area contributed by atoms with Crippen LogP contribution in [0.3, 0.4) is 0 Å². The van der Waals surface area contributed by atoms with E-state index in [1.54, 1.807) is 0 Å². The maximum Gasteiger partial charge on any atom is 0.573 e. The van der Waals surface area contributed by atoms with Crippen LogP contribution in [0.2, 0.25) is 10.0 Å². The molecule has 0 saturated heterocycles. The van der Waals surface area contributed by atoms with E-state index in [4.69, 9.17) is 28.9 Å². The van der Waals surface area contributed by atoms with Gasteiger partial charge in [-0.2, -0.15) is 10.4 Å². The molecule has 7 nitrogen and oxygen atoms in total. The first-order chi connectivity index (χ1) is 14.9. The number of aromatic nitrogens is 2. The highest BCUT2D eigenvalue weighted by molar-refractivity contribution is 6.38. The molecule has 172 valence electrons. The highest BCUT2D eigenvalue weighted by Gasteiger charge is 2.54. The minimum atomic E-state index is -4.93. The highest BCUT2D eigenvalue weighted by Crippen LogP contribution is 2.52. The van der Waals surface area contributed by atoms with Crippen LogP contribution in [0.1, 0.15) is 44.4 Å². The third-order valence-corrected chi connectivity index (χ3v) is 6.02. The monoisotopic (exact) mass is 489 g/mol. The molecule has 1 fully saturated rings. The number of halogens is 5. The van der Waals surface area contributed by atoms with Crippen LogP contribution in [0, 0.1) is 17.2 Å². The van der Waals surface area contributed by atoms with Gasteiger partial charge >= 0.3 is 6.36 Å². The van der Waals surface area contributed by atoms with E-state index in [-0.39, 0.29) is 27.3 Å². The van der Waals surface area contributed by atoms with Crippen molar-refractivity contribution >= 4 is 34.9 Å². The Hall–Kier alpha value is -2.64. The van der Waals surface area contributed by atoms with Gasteiger partial charge in [0.15, 0.2) is 5.69 Å². The van der Waals surface area contributed by atoms with Crippen LogP contribution in [0.25, 0.3) is 5.69 Å². The number of nitrogens with two attached hydrogens (primary N) is 1. The van der Waals surface area contributed by atoms with Gasteiger partial charge in [-0.25, -0.2) is 4.68 Å². The van der Waals surface area contributed by atoms with Crippen LogP contribution in [0.15, 0.2) is 12.1 Å². The average Bonchev–Trinajstić information content (AvgIpc) is 3.41. The van der Waals surface area contributed by atoms with E-state index >= 15 is 0 Å². The predicted molar refractivity (Wildman–Crippen MR) is 113 cm³/mol. The number of carbonyl (C=O) groups is 1. The molecule has 1 aromatic carbocycles. The second-order valence-electron chi connectivity index (χ2n) is 7.72. The first-order valence-corrected chi connectivity index (χ1v) is 10.5. The van der Waals surface area contributed by atoms with Crippen molar-refractivity contribution in [2.24, 2.45) is 11.7 Å². The van der Waals surface area contributed by atoms with Crippen molar-refractivity contribution in [2.75, 3.05) is 11.9 Å². The Balaban J connectivity index is 2.20. The number of amides is 1. The number of nitrogens with zero attached hydrogens (tertiary/aromatic N) is 3. The van der Waals surface area contributed by atoms with Crippen LogP contribution in [-0.2, 0) is 10.2 Å². The van der Waals surface area contributed by atoms with Gasteiger partial charge < -0.3 is 15.8 Å². The number of nitriles is 1. The first-order valence-electron chi connectivity index (χ1n) is 9.76.